The standard InChI is InChI=1S/C16H19NO2/c1-19-16(18)13-7-8-15-12(11-13)9-10-17(15)14-5-3-2-4-6-14/h7-11,14H,2-6H2,1H3. The average molecular weight is 257 g/mol. The van der Waals surface area contributed by atoms with Gasteiger partial charge in [-0.15, -0.1) is 0 Å². The van der Waals surface area contributed by atoms with Crippen molar-refractivity contribution in [3.05, 3.63) is 36.0 Å². The topological polar surface area (TPSA) is 31.2 Å². The van der Waals surface area contributed by atoms with Gasteiger partial charge in [0.25, 0.3) is 0 Å². The molecule has 1 saturated carbocycles. The van der Waals surface area contributed by atoms with E-state index in [1.54, 1.807) is 0 Å². The number of carbonyl (C=O) groups excluding carboxylic acids is 1. The predicted molar refractivity (Wildman–Crippen MR) is 75.4 cm³/mol. The van der Waals surface area contributed by atoms with Gasteiger partial charge in [-0.05, 0) is 37.1 Å². The summed E-state index contributed by atoms with van der Waals surface area (Å²) in [6.45, 7) is 0. The fourth-order valence-corrected chi connectivity index (χ4v) is 3.09. The number of aromatic nitrogens is 1. The molecule has 1 aliphatic rings. The van der Waals surface area contributed by atoms with Crippen LogP contribution in [-0.4, -0.2) is 17.6 Å². The van der Waals surface area contributed by atoms with Crippen LogP contribution in [0, 0.1) is 0 Å². The molecule has 1 heterocycles. The lowest BCUT2D eigenvalue weighted by molar-refractivity contribution is 0.0601. The first-order chi connectivity index (χ1) is 9.29. The first-order valence-electron chi connectivity index (χ1n) is 6.98. The van der Waals surface area contributed by atoms with Gasteiger partial charge in [-0.1, -0.05) is 19.3 Å². The molecule has 0 amide bonds. The summed E-state index contributed by atoms with van der Waals surface area (Å²) in [5.74, 6) is -0.271. The zero-order valence-corrected chi connectivity index (χ0v) is 11.3. The summed E-state index contributed by atoms with van der Waals surface area (Å²) in [5.41, 5.74) is 1.84. The Morgan fingerprint density at radius 1 is 1.21 bits per heavy atom. The van der Waals surface area contributed by atoms with Crippen molar-refractivity contribution < 1.29 is 9.53 Å². The molecule has 0 bridgehead atoms. The highest BCUT2D eigenvalue weighted by molar-refractivity contribution is 5.94. The minimum absolute atomic E-state index is 0.271. The Hall–Kier alpha value is -1.77. The number of nitrogens with zero attached hydrogens (tertiary/aromatic N) is 1. The second kappa shape index (κ2) is 5.08. The Morgan fingerprint density at radius 3 is 2.74 bits per heavy atom. The van der Waals surface area contributed by atoms with Crippen LogP contribution in [0.1, 0.15) is 48.5 Å². The van der Waals surface area contributed by atoms with E-state index in [1.807, 2.05) is 18.2 Å². The van der Waals surface area contributed by atoms with Gasteiger partial charge >= 0.3 is 5.97 Å². The Morgan fingerprint density at radius 2 is 2.00 bits per heavy atom. The smallest absolute Gasteiger partial charge is 0.337 e. The molecule has 3 rings (SSSR count). The van der Waals surface area contributed by atoms with Crippen LogP contribution in [0.5, 0.6) is 0 Å². The maximum Gasteiger partial charge on any atom is 0.337 e. The average Bonchev–Trinajstić information content (AvgIpc) is 2.90. The van der Waals surface area contributed by atoms with Crippen molar-refractivity contribution in [2.24, 2.45) is 0 Å². The molecule has 1 aromatic heterocycles. The molecule has 0 spiro atoms. The second-order valence-electron chi connectivity index (χ2n) is 5.28. The van der Waals surface area contributed by atoms with Crippen LogP contribution in [0.3, 0.4) is 0 Å². The van der Waals surface area contributed by atoms with Crippen LogP contribution in [0.2, 0.25) is 0 Å². The molecule has 1 aliphatic carbocycles. The lowest BCUT2D eigenvalue weighted by Gasteiger charge is -2.24. The Labute approximate surface area is 113 Å². The van der Waals surface area contributed by atoms with Crippen LogP contribution >= 0.6 is 0 Å². The van der Waals surface area contributed by atoms with Gasteiger partial charge in [-0.25, -0.2) is 4.79 Å². The van der Waals surface area contributed by atoms with Gasteiger partial charge in [-0.3, -0.25) is 0 Å². The third-order valence-electron chi connectivity index (χ3n) is 4.11. The number of hydrogen-bond donors (Lipinski definition) is 0. The Kier molecular flexibility index (Phi) is 3.28. The maximum atomic E-state index is 11.5. The molecule has 100 valence electrons. The van der Waals surface area contributed by atoms with E-state index in [4.69, 9.17) is 4.74 Å². The minimum atomic E-state index is -0.271. The van der Waals surface area contributed by atoms with E-state index in [-0.39, 0.29) is 5.97 Å². The van der Waals surface area contributed by atoms with Gasteiger partial charge in [0, 0.05) is 23.1 Å². The molecule has 1 aromatic carbocycles. The Balaban J connectivity index is 1.97. The molecule has 3 nitrogen and oxygen atoms in total. The van der Waals surface area contributed by atoms with Gasteiger partial charge in [-0.2, -0.15) is 0 Å². The number of methoxy groups -OCH3 is 1. The summed E-state index contributed by atoms with van der Waals surface area (Å²) < 4.78 is 7.13. The normalized spacial score (nSPS) is 16.7. The van der Waals surface area contributed by atoms with Crippen LogP contribution in [0.4, 0.5) is 0 Å². The molecule has 19 heavy (non-hydrogen) atoms. The molecule has 0 atom stereocenters. The first kappa shape index (κ1) is 12.3. The number of carbonyl (C=O) groups is 1. The number of ether oxygens (including phenoxy) is 1. The van der Waals surface area contributed by atoms with E-state index in [0.29, 0.717) is 11.6 Å². The van der Waals surface area contributed by atoms with Gasteiger partial charge in [0.15, 0.2) is 0 Å². The molecule has 2 aromatic rings. The summed E-state index contributed by atoms with van der Waals surface area (Å²) >= 11 is 0. The highest BCUT2D eigenvalue weighted by atomic mass is 16.5. The van der Waals surface area contributed by atoms with Crippen LogP contribution < -0.4 is 0 Å². The fraction of sp³-hybridized carbons (Fsp3) is 0.438. The van der Waals surface area contributed by atoms with Gasteiger partial charge < -0.3 is 9.30 Å². The number of hydrogen-bond acceptors (Lipinski definition) is 2. The molecular formula is C16H19NO2. The fourth-order valence-electron chi connectivity index (χ4n) is 3.09. The van der Waals surface area contributed by atoms with Gasteiger partial charge in [0.05, 0.1) is 12.7 Å². The molecule has 3 heteroatoms. The molecule has 0 radical (unpaired) electrons. The van der Waals surface area contributed by atoms with E-state index < -0.39 is 0 Å². The molecule has 1 fully saturated rings. The molecular weight excluding hydrogens is 238 g/mol. The van der Waals surface area contributed by atoms with E-state index in [9.17, 15) is 4.79 Å². The van der Waals surface area contributed by atoms with Crippen molar-refractivity contribution in [3.8, 4) is 0 Å². The van der Waals surface area contributed by atoms with Crippen molar-refractivity contribution in [2.45, 2.75) is 38.1 Å². The van der Waals surface area contributed by atoms with E-state index >= 15 is 0 Å². The van der Waals surface area contributed by atoms with Crippen molar-refractivity contribution in [1.82, 2.24) is 4.57 Å². The molecule has 0 unspecified atom stereocenters. The second-order valence-corrected chi connectivity index (χ2v) is 5.28. The third kappa shape index (κ3) is 2.25. The summed E-state index contributed by atoms with van der Waals surface area (Å²) in [6.07, 6.45) is 8.70. The van der Waals surface area contributed by atoms with Crippen molar-refractivity contribution >= 4 is 16.9 Å². The van der Waals surface area contributed by atoms with E-state index in [0.717, 1.165) is 5.39 Å². The van der Waals surface area contributed by atoms with Crippen molar-refractivity contribution in [3.63, 3.8) is 0 Å². The van der Waals surface area contributed by atoms with Crippen LogP contribution in [0.25, 0.3) is 10.9 Å². The maximum absolute atomic E-state index is 11.5. The zero-order valence-electron chi connectivity index (χ0n) is 11.3. The minimum Gasteiger partial charge on any atom is -0.465 e. The molecule has 0 aliphatic heterocycles. The summed E-state index contributed by atoms with van der Waals surface area (Å²) in [6, 6.07) is 8.52. The van der Waals surface area contributed by atoms with Crippen molar-refractivity contribution in [2.75, 3.05) is 7.11 Å². The lowest BCUT2D eigenvalue weighted by atomic mass is 9.95. The van der Waals surface area contributed by atoms with Gasteiger partial charge in [0.1, 0.15) is 0 Å². The lowest BCUT2D eigenvalue weighted by Crippen LogP contribution is -2.11. The van der Waals surface area contributed by atoms with Crippen LogP contribution in [0.15, 0.2) is 30.5 Å². The number of fused-ring (bicyclic) bond motifs is 1. The highest BCUT2D eigenvalue weighted by Crippen LogP contribution is 2.31. The van der Waals surface area contributed by atoms with E-state index in [1.165, 1.54) is 44.7 Å². The Bertz CT molecular complexity index is 594. The molecule has 0 N–H and O–H groups in total. The van der Waals surface area contributed by atoms with Gasteiger partial charge in [0.2, 0.25) is 0 Å². The largest absolute Gasteiger partial charge is 0.465 e. The third-order valence-corrected chi connectivity index (χ3v) is 4.11. The van der Waals surface area contributed by atoms with Crippen LogP contribution in [-0.2, 0) is 4.74 Å². The number of esters is 1. The monoisotopic (exact) mass is 257 g/mol. The van der Waals surface area contributed by atoms with Crippen molar-refractivity contribution in [1.29, 1.82) is 0 Å². The molecule has 0 saturated heterocycles. The number of rotatable bonds is 2. The summed E-state index contributed by atoms with van der Waals surface area (Å²) in [5, 5.41) is 1.12. The van der Waals surface area contributed by atoms with E-state index in [2.05, 4.69) is 16.8 Å². The SMILES string of the molecule is COC(=O)c1ccc2c(ccn2C2CCCCC2)c1. The first-order valence-corrected chi connectivity index (χ1v) is 6.98. The summed E-state index contributed by atoms with van der Waals surface area (Å²) in [4.78, 5) is 11.5. The highest BCUT2D eigenvalue weighted by Gasteiger charge is 2.17. The zero-order chi connectivity index (χ0) is 13.2. The summed E-state index contributed by atoms with van der Waals surface area (Å²) in [7, 11) is 1.42. The quantitative estimate of drug-likeness (QED) is 0.763. The number of benzene rings is 1. The predicted octanol–water partition coefficient (Wildman–Crippen LogP) is 3.93.